The smallest absolute Gasteiger partial charge is 0.331 e. The Morgan fingerprint density at radius 3 is 2.65 bits per heavy atom. The van der Waals surface area contributed by atoms with Gasteiger partial charge in [0.25, 0.3) is 11.8 Å². The second kappa shape index (κ2) is 7.88. The zero-order valence-electron chi connectivity index (χ0n) is 12.7. The van der Waals surface area contributed by atoms with E-state index in [1.807, 2.05) is 6.92 Å². The van der Waals surface area contributed by atoms with Gasteiger partial charge in [-0.05, 0) is 24.6 Å². The van der Waals surface area contributed by atoms with E-state index in [4.69, 9.17) is 4.74 Å². The molecule has 0 saturated heterocycles. The van der Waals surface area contributed by atoms with Crippen molar-refractivity contribution in [3.63, 3.8) is 0 Å². The predicted molar refractivity (Wildman–Crippen MR) is 84.6 cm³/mol. The van der Waals surface area contributed by atoms with Gasteiger partial charge in [-0.15, -0.1) is 0 Å². The van der Waals surface area contributed by atoms with Crippen LogP contribution >= 0.6 is 0 Å². The van der Waals surface area contributed by atoms with E-state index in [1.54, 1.807) is 30.3 Å². The summed E-state index contributed by atoms with van der Waals surface area (Å²) >= 11 is 0. The monoisotopic (exact) mass is 315 g/mol. The van der Waals surface area contributed by atoms with Gasteiger partial charge in [0.15, 0.2) is 0 Å². The molecule has 0 unspecified atom stereocenters. The van der Waals surface area contributed by atoms with Crippen molar-refractivity contribution in [3.8, 4) is 11.6 Å². The van der Waals surface area contributed by atoms with Crippen molar-refractivity contribution in [3.05, 3.63) is 58.3 Å². The number of rotatable bonds is 7. The molecule has 2 rings (SSSR count). The van der Waals surface area contributed by atoms with E-state index in [2.05, 4.69) is 10.3 Å². The SMILES string of the molecule is CCCCNC(=O)c1ccc([N+](=O)[O-])c(Oc2ccccc2)n1. The molecule has 0 saturated carbocycles. The maximum atomic E-state index is 12.0. The van der Waals surface area contributed by atoms with Crippen LogP contribution in [0.15, 0.2) is 42.5 Å². The van der Waals surface area contributed by atoms with E-state index < -0.39 is 4.92 Å². The maximum absolute atomic E-state index is 12.0. The molecule has 1 amide bonds. The van der Waals surface area contributed by atoms with Gasteiger partial charge in [-0.1, -0.05) is 31.5 Å². The van der Waals surface area contributed by atoms with E-state index >= 15 is 0 Å². The fourth-order valence-corrected chi connectivity index (χ4v) is 1.84. The summed E-state index contributed by atoms with van der Waals surface area (Å²) in [5.74, 6) is -0.178. The molecule has 0 bridgehead atoms. The highest BCUT2D eigenvalue weighted by molar-refractivity contribution is 5.92. The van der Waals surface area contributed by atoms with Crippen LogP contribution in [0.3, 0.4) is 0 Å². The van der Waals surface area contributed by atoms with E-state index in [0.717, 1.165) is 12.8 Å². The molecule has 0 aliphatic carbocycles. The van der Waals surface area contributed by atoms with Crippen LogP contribution in [0, 0.1) is 10.1 Å². The number of nitrogens with one attached hydrogen (secondary N) is 1. The second-order valence-electron chi connectivity index (χ2n) is 4.80. The number of hydrogen-bond donors (Lipinski definition) is 1. The van der Waals surface area contributed by atoms with Crippen LogP contribution in [0.2, 0.25) is 0 Å². The molecule has 7 heteroatoms. The zero-order chi connectivity index (χ0) is 16.7. The highest BCUT2D eigenvalue weighted by Gasteiger charge is 2.20. The highest BCUT2D eigenvalue weighted by atomic mass is 16.6. The predicted octanol–water partition coefficient (Wildman–Crippen LogP) is 3.31. The number of carbonyl (C=O) groups excluding carboxylic acids is 1. The second-order valence-corrected chi connectivity index (χ2v) is 4.80. The number of nitro groups is 1. The molecule has 23 heavy (non-hydrogen) atoms. The first-order valence-electron chi connectivity index (χ1n) is 7.28. The number of unbranched alkanes of at least 4 members (excludes halogenated alkanes) is 1. The molecule has 7 nitrogen and oxygen atoms in total. The normalized spacial score (nSPS) is 10.1. The van der Waals surface area contributed by atoms with Crippen LogP contribution < -0.4 is 10.1 Å². The topological polar surface area (TPSA) is 94.4 Å². The molecule has 0 spiro atoms. The lowest BCUT2D eigenvalue weighted by atomic mass is 10.3. The summed E-state index contributed by atoms with van der Waals surface area (Å²) in [4.78, 5) is 26.5. The van der Waals surface area contributed by atoms with Crippen molar-refractivity contribution in [2.24, 2.45) is 0 Å². The molecular weight excluding hydrogens is 298 g/mol. The minimum Gasteiger partial charge on any atom is -0.434 e. The van der Waals surface area contributed by atoms with Gasteiger partial charge in [-0.2, -0.15) is 0 Å². The number of pyridine rings is 1. The van der Waals surface area contributed by atoms with E-state index in [0.29, 0.717) is 12.3 Å². The van der Waals surface area contributed by atoms with Crippen LogP contribution in [0.1, 0.15) is 30.3 Å². The molecule has 2 aromatic rings. The number of nitrogens with zero attached hydrogens (tertiary/aromatic N) is 2. The van der Waals surface area contributed by atoms with Crippen molar-refractivity contribution >= 4 is 11.6 Å². The van der Waals surface area contributed by atoms with Crippen LogP contribution in [0.25, 0.3) is 0 Å². The van der Waals surface area contributed by atoms with Gasteiger partial charge in [0.1, 0.15) is 11.4 Å². The number of carbonyl (C=O) groups is 1. The Morgan fingerprint density at radius 1 is 1.26 bits per heavy atom. The molecular formula is C16H17N3O4. The minimum atomic E-state index is -0.593. The summed E-state index contributed by atoms with van der Waals surface area (Å²) < 4.78 is 5.45. The average molecular weight is 315 g/mol. The molecule has 1 N–H and O–H groups in total. The Balaban J connectivity index is 2.25. The standard InChI is InChI=1S/C16H17N3O4/c1-2-3-11-17-15(20)13-9-10-14(19(21)22)16(18-13)23-12-7-5-4-6-8-12/h4-10H,2-3,11H2,1H3,(H,17,20). The summed E-state index contributed by atoms with van der Waals surface area (Å²) in [6, 6.07) is 11.1. The van der Waals surface area contributed by atoms with Crippen molar-refractivity contribution in [1.82, 2.24) is 10.3 Å². The molecule has 0 radical (unpaired) electrons. The van der Waals surface area contributed by atoms with Crippen molar-refractivity contribution in [1.29, 1.82) is 0 Å². The Bertz CT molecular complexity index is 689. The lowest BCUT2D eigenvalue weighted by Gasteiger charge is -2.08. The van der Waals surface area contributed by atoms with Crippen LogP contribution in [-0.4, -0.2) is 22.4 Å². The summed E-state index contributed by atoms with van der Waals surface area (Å²) in [7, 11) is 0. The van der Waals surface area contributed by atoms with Gasteiger partial charge < -0.3 is 10.1 Å². The van der Waals surface area contributed by atoms with Gasteiger partial charge in [-0.25, -0.2) is 4.98 Å². The summed E-state index contributed by atoms with van der Waals surface area (Å²) in [5.41, 5.74) is -0.211. The first-order chi connectivity index (χ1) is 11.1. The number of aromatic nitrogens is 1. The van der Waals surface area contributed by atoms with Crippen LogP contribution in [0.5, 0.6) is 11.6 Å². The first-order valence-corrected chi connectivity index (χ1v) is 7.28. The van der Waals surface area contributed by atoms with Gasteiger partial charge in [0.05, 0.1) is 4.92 Å². The lowest BCUT2D eigenvalue weighted by Crippen LogP contribution is -2.25. The van der Waals surface area contributed by atoms with Gasteiger partial charge >= 0.3 is 5.69 Å². The molecule has 0 aliphatic rings. The fraction of sp³-hybridized carbons (Fsp3) is 0.250. The quantitative estimate of drug-likeness (QED) is 0.480. The molecule has 120 valence electrons. The number of ether oxygens (including phenoxy) is 1. The maximum Gasteiger partial charge on any atom is 0.331 e. The fourth-order valence-electron chi connectivity index (χ4n) is 1.84. The number of hydrogen-bond acceptors (Lipinski definition) is 5. The third-order valence-electron chi connectivity index (χ3n) is 3.04. The average Bonchev–Trinajstić information content (AvgIpc) is 2.55. The first kappa shape index (κ1) is 16.4. The van der Waals surface area contributed by atoms with Crippen LogP contribution in [-0.2, 0) is 0 Å². The lowest BCUT2D eigenvalue weighted by molar-refractivity contribution is -0.386. The third-order valence-corrected chi connectivity index (χ3v) is 3.04. The van der Waals surface area contributed by atoms with E-state index in [1.165, 1.54) is 12.1 Å². The minimum absolute atomic E-state index is 0.0811. The largest absolute Gasteiger partial charge is 0.434 e. The molecule has 1 aromatic heterocycles. The third kappa shape index (κ3) is 4.50. The van der Waals surface area contributed by atoms with Crippen molar-refractivity contribution in [2.75, 3.05) is 6.54 Å². The zero-order valence-corrected chi connectivity index (χ0v) is 12.7. The van der Waals surface area contributed by atoms with E-state index in [9.17, 15) is 14.9 Å². The molecule has 0 aliphatic heterocycles. The van der Waals surface area contributed by atoms with Gasteiger partial charge in [0, 0.05) is 12.6 Å². The van der Waals surface area contributed by atoms with Gasteiger partial charge in [-0.3, -0.25) is 14.9 Å². The number of benzene rings is 1. The molecule has 0 atom stereocenters. The van der Waals surface area contributed by atoms with Crippen molar-refractivity contribution in [2.45, 2.75) is 19.8 Å². The molecule has 1 heterocycles. The summed E-state index contributed by atoms with van der Waals surface area (Å²) in [6.45, 7) is 2.55. The van der Waals surface area contributed by atoms with Crippen LogP contribution in [0.4, 0.5) is 5.69 Å². The van der Waals surface area contributed by atoms with E-state index in [-0.39, 0.29) is 23.2 Å². The van der Waals surface area contributed by atoms with Gasteiger partial charge in [0.2, 0.25) is 0 Å². The summed E-state index contributed by atoms with van der Waals surface area (Å²) in [5, 5.41) is 13.8. The Morgan fingerprint density at radius 2 is 2.00 bits per heavy atom. The number of para-hydroxylation sites is 1. The highest BCUT2D eigenvalue weighted by Crippen LogP contribution is 2.29. The summed E-state index contributed by atoms with van der Waals surface area (Å²) in [6.07, 6.45) is 1.81. The Labute approximate surface area is 133 Å². The molecule has 0 fully saturated rings. The Kier molecular flexibility index (Phi) is 5.62. The molecule has 1 aromatic carbocycles. The number of amides is 1. The van der Waals surface area contributed by atoms with Crippen molar-refractivity contribution < 1.29 is 14.5 Å². The Hall–Kier alpha value is -2.96.